The summed E-state index contributed by atoms with van der Waals surface area (Å²) in [5.74, 6) is 1.09. The molecule has 1 saturated heterocycles. The Balaban J connectivity index is 1.68. The second-order valence-corrected chi connectivity index (χ2v) is 5.51. The number of nitrogens with one attached hydrogen (secondary N) is 1. The first-order valence-electron chi connectivity index (χ1n) is 7.38. The molecule has 0 radical (unpaired) electrons. The van der Waals surface area contributed by atoms with Gasteiger partial charge in [0.15, 0.2) is 0 Å². The smallest absolute Gasteiger partial charge is 0.236 e. The molecule has 1 heterocycles. The van der Waals surface area contributed by atoms with Crippen LogP contribution < -0.4 is 5.32 Å². The summed E-state index contributed by atoms with van der Waals surface area (Å²) in [6, 6.07) is 0.550. The zero-order valence-corrected chi connectivity index (χ0v) is 11.5. The molecule has 4 heteroatoms. The van der Waals surface area contributed by atoms with Crippen molar-refractivity contribution in [1.82, 2.24) is 10.2 Å². The zero-order chi connectivity index (χ0) is 12.8. The highest BCUT2D eigenvalue weighted by Gasteiger charge is 2.22. The lowest BCUT2D eigenvalue weighted by Crippen LogP contribution is -2.47. The van der Waals surface area contributed by atoms with Crippen LogP contribution in [0.2, 0.25) is 0 Å². The molecule has 1 aliphatic carbocycles. The molecule has 0 spiro atoms. The van der Waals surface area contributed by atoms with Gasteiger partial charge >= 0.3 is 0 Å². The summed E-state index contributed by atoms with van der Waals surface area (Å²) < 4.78 is 5.26. The van der Waals surface area contributed by atoms with E-state index in [1.165, 1.54) is 32.1 Å². The fraction of sp³-hybridized carbons (Fsp3) is 0.929. The number of nitrogens with zero attached hydrogens (tertiary/aromatic N) is 1. The highest BCUT2D eigenvalue weighted by Crippen LogP contribution is 2.26. The van der Waals surface area contributed by atoms with E-state index in [1.807, 2.05) is 4.90 Å². The van der Waals surface area contributed by atoms with Gasteiger partial charge in [0.1, 0.15) is 0 Å². The van der Waals surface area contributed by atoms with Crippen LogP contribution >= 0.6 is 0 Å². The summed E-state index contributed by atoms with van der Waals surface area (Å²) in [5.41, 5.74) is 0. The van der Waals surface area contributed by atoms with Gasteiger partial charge < -0.3 is 15.0 Å². The third-order valence-corrected chi connectivity index (χ3v) is 4.27. The minimum absolute atomic E-state index is 0.233. The van der Waals surface area contributed by atoms with E-state index in [2.05, 4.69) is 12.2 Å². The maximum atomic E-state index is 12.0. The van der Waals surface area contributed by atoms with Crippen LogP contribution in [0, 0.1) is 5.92 Å². The largest absolute Gasteiger partial charge is 0.378 e. The van der Waals surface area contributed by atoms with Crippen LogP contribution in [0.15, 0.2) is 0 Å². The third kappa shape index (κ3) is 3.95. The summed E-state index contributed by atoms with van der Waals surface area (Å²) in [4.78, 5) is 13.9. The SMILES string of the molecule is CCC1CCCC(NCC(=O)N2CCOCC2)C1. The van der Waals surface area contributed by atoms with Crippen molar-refractivity contribution < 1.29 is 9.53 Å². The van der Waals surface area contributed by atoms with E-state index in [9.17, 15) is 4.79 Å². The number of ether oxygens (including phenoxy) is 1. The van der Waals surface area contributed by atoms with Crippen LogP contribution in [0.4, 0.5) is 0 Å². The first kappa shape index (κ1) is 13.8. The van der Waals surface area contributed by atoms with Crippen LogP contribution in [-0.2, 0) is 9.53 Å². The summed E-state index contributed by atoms with van der Waals surface area (Å²) in [7, 11) is 0. The van der Waals surface area contributed by atoms with Gasteiger partial charge in [0.05, 0.1) is 19.8 Å². The highest BCUT2D eigenvalue weighted by atomic mass is 16.5. The van der Waals surface area contributed by atoms with Crippen molar-refractivity contribution in [2.75, 3.05) is 32.8 Å². The predicted molar refractivity (Wildman–Crippen MR) is 71.4 cm³/mol. The fourth-order valence-corrected chi connectivity index (χ4v) is 3.00. The lowest BCUT2D eigenvalue weighted by atomic mass is 9.84. The predicted octanol–water partition coefficient (Wildman–Crippen LogP) is 1.40. The molecule has 1 aliphatic heterocycles. The van der Waals surface area contributed by atoms with Crippen LogP contribution in [0.1, 0.15) is 39.0 Å². The van der Waals surface area contributed by atoms with Crippen molar-refractivity contribution >= 4 is 5.91 Å². The van der Waals surface area contributed by atoms with Gasteiger partial charge in [-0.2, -0.15) is 0 Å². The van der Waals surface area contributed by atoms with Gasteiger partial charge in [0, 0.05) is 19.1 Å². The van der Waals surface area contributed by atoms with Gasteiger partial charge in [-0.05, 0) is 18.8 Å². The van der Waals surface area contributed by atoms with E-state index in [0.717, 1.165) is 19.0 Å². The average Bonchev–Trinajstić information content (AvgIpc) is 2.46. The minimum Gasteiger partial charge on any atom is -0.378 e. The number of carbonyl (C=O) groups excluding carboxylic acids is 1. The van der Waals surface area contributed by atoms with E-state index < -0.39 is 0 Å². The van der Waals surface area contributed by atoms with Crippen molar-refractivity contribution in [2.24, 2.45) is 5.92 Å². The highest BCUT2D eigenvalue weighted by molar-refractivity contribution is 5.78. The molecule has 0 bridgehead atoms. The number of hydrogen-bond donors (Lipinski definition) is 1. The molecule has 0 aromatic rings. The second-order valence-electron chi connectivity index (χ2n) is 5.51. The van der Waals surface area contributed by atoms with Crippen molar-refractivity contribution in [3.8, 4) is 0 Å². The van der Waals surface area contributed by atoms with Crippen LogP contribution in [0.5, 0.6) is 0 Å². The normalized spacial score (nSPS) is 29.3. The van der Waals surface area contributed by atoms with Gasteiger partial charge in [0.2, 0.25) is 5.91 Å². The first-order valence-corrected chi connectivity index (χ1v) is 7.38. The van der Waals surface area contributed by atoms with Crippen LogP contribution in [0.3, 0.4) is 0 Å². The molecule has 1 saturated carbocycles. The van der Waals surface area contributed by atoms with E-state index in [0.29, 0.717) is 25.8 Å². The molecule has 4 nitrogen and oxygen atoms in total. The van der Waals surface area contributed by atoms with Gasteiger partial charge in [-0.3, -0.25) is 4.79 Å². The Morgan fingerprint density at radius 1 is 1.33 bits per heavy atom. The lowest BCUT2D eigenvalue weighted by molar-refractivity contribution is -0.134. The quantitative estimate of drug-likeness (QED) is 0.824. The maximum absolute atomic E-state index is 12.0. The van der Waals surface area contributed by atoms with Crippen molar-refractivity contribution in [3.63, 3.8) is 0 Å². The van der Waals surface area contributed by atoms with E-state index in [4.69, 9.17) is 4.74 Å². The molecule has 2 fully saturated rings. The Labute approximate surface area is 110 Å². The van der Waals surface area contributed by atoms with Crippen molar-refractivity contribution in [3.05, 3.63) is 0 Å². The summed E-state index contributed by atoms with van der Waals surface area (Å²) in [5, 5.41) is 3.45. The third-order valence-electron chi connectivity index (χ3n) is 4.27. The molecular formula is C14H26N2O2. The Hall–Kier alpha value is -0.610. The van der Waals surface area contributed by atoms with E-state index in [-0.39, 0.29) is 5.91 Å². The second kappa shape index (κ2) is 7.10. The number of amides is 1. The topological polar surface area (TPSA) is 41.6 Å². The molecule has 1 amide bonds. The van der Waals surface area contributed by atoms with E-state index in [1.54, 1.807) is 0 Å². The van der Waals surface area contributed by atoms with Gasteiger partial charge in [-0.15, -0.1) is 0 Å². The molecule has 0 aromatic heterocycles. The Morgan fingerprint density at radius 3 is 2.83 bits per heavy atom. The number of hydrogen-bond acceptors (Lipinski definition) is 3. The number of rotatable bonds is 4. The molecule has 2 atom stereocenters. The fourth-order valence-electron chi connectivity index (χ4n) is 3.00. The molecule has 2 aliphatic rings. The van der Waals surface area contributed by atoms with Crippen molar-refractivity contribution in [2.45, 2.75) is 45.1 Å². The monoisotopic (exact) mass is 254 g/mol. The molecule has 104 valence electrons. The van der Waals surface area contributed by atoms with Crippen LogP contribution in [0.25, 0.3) is 0 Å². The minimum atomic E-state index is 0.233. The average molecular weight is 254 g/mol. The summed E-state index contributed by atoms with van der Waals surface area (Å²) in [6.45, 7) is 5.65. The molecule has 2 rings (SSSR count). The standard InChI is InChI=1S/C14H26N2O2/c1-2-12-4-3-5-13(10-12)15-11-14(17)16-6-8-18-9-7-16/h12-13,15H,2-11H2,1H3. The molecular weight excluding hydrogens is 228 g/mol. The molecule has 2 unspecified atom stereocenters. The van der Waals surface area contributed by atoms with Gasteiger partial charge in [-0.1, -0.05) is 26.2 Å². The molecule has 0 aromatic carbocycles. The zero-order valence-electron chi connectivity index (χ0n) is 11.5. The summed E-state index contributed by atoms with van der Waals surface area (Å²) >= 11 is 0. The summed E-state index contributed by atoms with van der Waals surface area (Å²) in [6.07, 6.45) is 6.42. The Bertz CT molecular complexity index is 265. The van der Waals surface area contributed by atoms with Gasteiger partial charge in [-0.25, -0.2) is 0 Å². The first-order chi connectivity index (χ1) is 8.79. The maximum Gasteiger partial charge on any atom is 0.236 e. The molecule has 18 heavy (non-hydrogen) atoms. The number of morpholine rings is 1. The van der Waals surface area contributed by atoms with E-state index >= 15 is 0 Å². The van der Waals surface area contributed by atoms with Crippen LogP contribution in [-0.4, -0.2) is 49.7 Å². The number of carbonyl (C=O) groups is 1. The Kier molecular flexibility index (Phi) is 5.45. The van der Waals surface area contributed by atoms with Crippen molar-refractivity contribution in [1.29, 1.82) is 0 Å². The molecule has 1 N–H and O–H groups in total. The Morgan fingerprint density at radius 2 is 2.11 bits per heavy atom. The van der Waals surface area contributed by atoms with Gasteiger partial charge in [0.25, 0.3) is 0 Å². The lowest BCUT2D eigenvalue weighted by Gasteiger charge is -2.31.